The van der Waals surface area contributed by atoms with Crippen LogP contribution in [0.3, 0.4) is 0 Å². The third-order valence-electron chi connectivity index (χ3n) is 1.92. The van der Waals surface area contributed by atoms with Gasteiger partial charge in [-0.1, -0.05) is 0 Å². The third kappa shape index (κ3) is 2.82. The van der Waals surface area contributed by atoms with Crippen molar-refractivity contribution < 1.29 is 9.90 Å². The Kier molecular flexibility index (Phi) is 3.45. The lowest BCUT2D eigenvalue weighted by molar-refractivity contribution is -0.138. The largest absolute Gasteiger partial charge is 0.481 e. The van der Waals surface area contributed by atoms with Gasteiger partial charge in [0, 0.05) is 6.04 Å². The van der Waals surface area contributed by atoms with Crippen LogP contribution in [0.2, 0.25) is 0 Å². The normalized spacial score (nSPS) is 13.2. The highest BCUT2D eigenvalue weighted by Crippen LogP contribution is 2.23. The van der Waals surface area contributed by atoms with Crippen LogP contribution in [0.5, 0.6) is 0 Å². The van der Waals surface area contributed by atoms with E-state index in [9.17, 15) is 4.79 Å². The van der Waals surface area contributed by atoms with E-state index in [1.807, 2.05) is 35.8 Å². The zero-order valence-corrected chi connectivity index (χ0v) is 8.54. The molecule has 1 atom stereocenters. The second-order valence-corrected chi connectivity index (χ2v) is 3.91. The molecule has 1 N–H and O–H groups in total. The first-order valence-corrected chi connectivity index (χ1v) is 4.96. The van der Waals surface area contributed by atoms with Crippen molar-refractivity contribution in [1.29, 1.82) is 0 Å². The van der Waals surface area contributed by atoms with Crippen LogP contribution in [0.25, 0.3) is 0 Å². The molecule has 0 fully saturated rings. The Bertz CT molecular complexity index is 269. The summed E-state index contributed by atoms with van der Waals surface area (Å²) in [4.78, 5) is 12.5. The van der Waals surface area contributed by atoms with Crippen LogP contribution in [0.4, 0.5) is 0 Å². The molecular formula is C9H13NO2S. The van der Waals surface area contributed by atoms with E-state index in [2.05, 4.69) is 0 Å². The lowest BCUT2D eigenvalue weighted by Crippen LogP contribution is -2.22. The van der Waals surface area contributed by atoms with Gasteiger partial charge in [0.05, 0.1) is 6.42 Å². The fourth-order valence-corrected chi connectivity index (χ4v) is 1.94. The monoisotopic (exact) mass is 199 g/mol. The van der Waals surface area contributed by atoms with Crippen molar-refractivity contribution in [2.75, 3.05) is 14.1 Å². The summed E-state index contributed by atoms with van der Waals surface area (Å²) < 4.78 is 0. The van der Waals surface area contributed by atoms with Crippen LogP contribution in [0.1, 0.15) is 18.0 Å². The maximum atomic E-state index is 10.6. The standard InChI is InChI=1S/C9H13NO2S/c1-10(2)8(5-9(11)12)7-3-4-13-6-7/h3-4,6,8H,5H2,1-2H3,(H,11,12). The molecule has 0 radical (unpaired) electrons. The fraction of sp³-hybridized carbons (Fsp3) is 0.444. The van der Waals surface area contributed by atoms with Crippen molar-refractivity contribution >= 4 is 17.3 Å². The topological polar surface area (TPSA) is 40.5 Å². The Balaban J connectivity index is 2.74. The quantitative estimate of drug-likeness (QED) is 0.804. The summed E-state index contributed by atoms with van der Waals surface area (Å²) in [5.41, 5.74) is 1.08. The fourth-order valence-electron chi connectivity index (χ4n) is 1.23. The van der Waals surface area contributed by atoms with E-state index < -0.39 is 5.97 Å². The average Bonchev–Trinajstić information content (AvgIpc) is 2.50. The summed E-state index contributed by atoms with van der Waals surface area (Å²) in [5, 5.41) is 12.7. The van der Waals surface area contributed by atoms with E-state index in [1.165, 1.54) is 0 Å². The SMILES string of the molecule is CN(C)C(CC(=O)O)c1ccsc1. The maximum absolute atomic E-state index is 10.6. The van der Waals surface area contributed by atoms with Gasteiger partial charge < -0.3 is 10.0 Å². The number of rotatable bonds is 4. The molecule has 1 heterocycles. The Labute approximate surface area is 81.6 Å². The zero-order valence-electron chi connectivity index (χ0n) is 7.73. The summed E-state index contributed by atoms with van der Waals surface area (Å²) in [6, 6.07) is 1.96. The molecule has 0 aromatic carbocycles. The van der Waals surface area contributed by atoms with Gasteiger partial charge in [-0.2, -0.15) is 11.3 Å². The van der Waals surface area contributed by atoms with Crippen molar-refractivity contribution in [3.05, 3.63) is 22.4 Å². The summed E-state index contributed by atoms with van der Waals surface area (Å²) in [6.45, 7) is 0. The van der Waals surface area contributed by atoms with Gasteiger partial charge in [-0.05, 0) is 36.5 Å². The van der Waals surface area contributed by atoms with Crippen molar-refractivity contribution in [3.63, 3.8) is 0 Å². The first-order chi connectivity index (χ1) is 6.11. The predicted molar refractivity (Wildman–Crippen MR) is 53.0 cm³/mol. The van der Waals surface area contributed by atoms with Crippen molar-refractivity contribution in [1.82, 2.24) is 4.90 Å². The lowest BCUT2D eigenvalue weighted by Gasteiger charge is -2.21. The predicted octanol–water partition coefficient (Wildman–Crippen LogP) is 1.83. The van der Waals surface area contributed by atoms with Gasteiger partial charge in [0.2, 0.25) is 0 Å². The summed E-state index contributed by atoms with van der Waals surface area (Å²) in [6.07, 6.45) is 0.156. The van der Waals surface area contributed by atoms with Crippen LogP contribution in [0, 0.1) is 0 Å². The molecule has 0 aliphatic rings. The minimum Gasteiger partial charge on any atom is -0.481 e. The summed E-state index contributed by atoms with van der Waals surface area (Å²) in [5.74, 6) is -0.759. The van der Waals surface area contributed by atoms with E-state index in [0.29, 0.717) is 0 Å². The Morgan fingerprint density at radius 1 is 1.69 bits per heavy atom. The molecule has 1 unspecified atom stereocenters. The molecule has 0 amide bonds. The number of carbonyl (C=O) groups is 1. The molecule has 13 heavy (non-hydrogen) atoms. The van der Waals surface area contributed by atoms with Gasteiger partial charge in [0.1, 0.15) is 0 Å². The molecule has 0 aliphatic heterocycles. The van der Waals surface area contributed by atoms with Crippen LogP contribution >= 0.6 is 11.3 Å². The lowest BCUT2D eigenvalue weighted by atomic mass is 10.1. The number of hydrogen-bond donors (Lipinski definition) is 1. The molecule has 1 rings (SSSR count). The number of aliphatic carboxylic acids is 1. The minimum absolute atomic E-state index is 0.0104. The zero-order chi connectivity index (χ0) is 9.84. The van der Waals surface area contributed by atoms with E-state index in [0.717, 1.165) is 5.56 Å². The molecule has 0 saturated carbocycles. The molecule has 1 aromatic heterocycles. The van der Waals surface area contributed by atoms with E-state index >= 15 is 0 Å². The number of nitrogens with zero attached hydrogens (tertiary/aromatic N) is 1. The third-order valence-corrected chi connectivity index (χ3v) is 2.62. The molecule has 3 nitrogen and oxygen atoms in total. The van der Waals surface area contributed by atoms with Crippen LogP contribution in [0.15, 0.2) is 16.8 Å². The highest BCUT2D eigenvalue weighted by Gasteiger charge is 2.17. The van der Waals surface area contributed by atoms with Gasteiger partial charge in [-0.3, -0.25) is 4.79 Å². The highest BCUT2D eigenvalue weighted by molar-refractivity contribution is 7.07. The van der Waals surface area contributed by atoms with E-state index in [-0.39, 0.29) is 12.5 Å². The average molecular weight is 199 g/mol. The molecular weight excluding hydrogens is 186 g/mol. The van der Waals surface area contributed by atoms with Crippen molar-refractivity contribution in [2.24, 2.45) is 0 Å². The highest BCUT2D eigenvalue weighted by atomic mass is 32.1. The Hall–Kier alpha value is -0.870. The van der Waals surface area contributed by atoms with Gasteiger partial charge in [0.15, 0.2) is 0 Å². The Morgan fingerprint density at radius 3 is 2.77 bits per heavy atom. The van der Waals surface area contributed by atoms with Crippen molar-refractivity contribution in [3.8, 4) is 0 Å². The Morgan fingerprint density at radius 2 is 2.38 bits per heavy atom. The van der Waals surface area contributed by atoms with Crippen molar-refractivity contribution in [2.45, 2.75) is 12.5 Å². The van der Waals surface area contributed by atoms with Gasteiger partial charge in [-0.15, -0.1) is 0 Å². The maximum Gasteiger partial charge on any atom is 0.305 e. The van der Waals surface area contributed by atoms with Gasteiger partial charge in [-0.25, -0.2) is 0 Å². The number of carboxylic acid groups (broad SMARTS) is 1. The van der Waals surface area contributed by atoms with Gasteiger partial charge in [0.25, 0.3) is 0 Å². The van der Waals surface area contributed by atoms with Crippen LogP contribution in [-0.2, 0) is 4.79 Å². The first-order valence-electron chi connectivity index (χ1n) is 4.01. The first kappa shape index (κ1) is 10.2. The second-order valence-electron chi connectivity index (χ2n) is 3.13. The van der Waals surface area contributed by atoms with Crippen LogP contribution < -0.4 is 0 Å². The number of carboxylic acids is 1. The second kappa shape index (κ2) is 4.39. The summed E-state index contributed by atoms with van der Waals surface area (Å²) in [7, 11) is 3.79. The minimum atomic E-state index is -0.759. The molecule has 72 valence electrons. The molecule has 4 heteroatoms. The molecule has 0 aliphatic carbocycles. The summed E-state index contributed by atoms with van der Waals surface area (Å²) >= 11 is 1.59. The molecule has 1 aromatic rings. The molecule has 0 saturated heterocycles. The number of hydrogen-bond acceptors (Lipinski definition) is 3. The van der Waals surface area contributed by atoms with Crippen LogP contribution in [-0.4, -0.2) is 30.1 Å². The molecule has 0 bridgehead atoms. The van der Waals surface area contributed by atoms with E-state index in [4.69, 9.17) is 5.11 Å². The van der Waals surface area contributed by atoms with E-state index in [1.54, 1.807) is 11.3 Å². The molecule has 0 spiro atoms. The smallest absolute Gasteiger partial charge is 0.305 e. The number of thiophene rings is 1. The van der Waals surface area contributed by atoms with Gasteiger partial charge >= 0.3 is 5.97 Å².